The number of nitrogens with one attached hydrogen (secondary N) is 2. The molecule has 2 aromatic rings. The van der Waals surface area contributed by atoms with E-state index in [2.05, 4.69) is 61.1 Å². The highest BCUT2D eigenvalue weighted by Gasteiger charge is 2.26. The summed E-state index contributed by atoms with van der Waals surface area (Å²) in [5.74, 6) is 1.86. The molecule has 0 spiro atoms. The van der Waals surface area contributed by atoms with Crippen LogP contribution >= 0.6 is 35.3 Å². The summed E-state index contributed by atoms with van der Waals surface area (Å²) in [5.41, 5.74) is 1.25. The number of guanidine groups is 1. The minimum atomic E-state index is 0. The molecule has 3 heterocycles. The Kier molecular flexibility index (Phi) is 9.92. The van der Waals surface area contributed by atoms with Crippen LogP contribution in [-0.4, -0.2) is 63.8 Å². The fourth-order valence-corrected chi connectivity index (χ4v) is 5.49. The van der Waals surface area contributed by atoms with Gasteiger partial charge in [-0.1, -0.05) is 18.2 Å². The number of rotatable bonds is 7. The molecule has 2 fully saturated rings. The van der Waals surface area contributed by atoms with Crippen LogP contribution in [0.4, 0.5) is 5.00 Å². The van der Waals surface area contributed by atoms with Crippen LogP contribution in [0.25, 0.3) is 0 Å². The second kappa shape index (κ2) is 12.6. The Balaban J connectivity index is 0.00000289. The number of halogens is 1. The molecule has 32 heavy (non-hydrogen) atoms. The molecule has 0 radical (unpaired) electrons. The Labute approximate surface area is 213 Å². The largest absolute Gasteiger partial charge is 0.496 e. The summed E-state index contributed by atoms with van der Waals surface area (Å²) in [6.45, 7) is 5.27. The van der Waals surface area contributed by atoms with Crippen molar-refractivity contribution in [3.05, 3.63) is 47.3 Å². The Morgan fingerprint density at radius 3 is 2.53 bits per heavy atom. The van der Waals surface area contributed by atoms with E-state index < -0.39 is 0 Å². The highest BCUT2D eigenvalue weighted by Crippen LogP contribution is 2.31. The zero-order valence-corrected chi connectivity index (χ0v) is 22.3. The number of hydrogen-bond donors (Lipinski definition) is 2. The van der Waals surface area contributed by atoms with Crippen LogP contribution in [0, 0.1) is 0 Å². The summed E-state index contributed by atoms with van der Waals surface area (Å²) in [7, 11) is 3.63. The van der Waals surface area contributed by atoms with Crippen molar-refractivity contribution in [1.29, 1.82) is 0 Å². The normalized spacial score (nSPS) is 18.8. The smallest absolute Gasteiger partial charge is 0.191 e. The maximum absolute atomic E-state index is 5.68. The van der Waals surface area contributed by atoms with Crippen molar-refractivity contribution in [2.24, 2.45) is 4.99 Å². The number of thiophene rings is 1. The van der Waals surface area contributed by atoms with E-state index in [1.165, 1.54) is 23.4 Å². The first-order valence-electron chi connectivity index (χ1n) is 11.4. The van der Waals surface area contributed by atoms with Gasteiger partial charge < -0.3 is 20.3 Å². The average molecular weight is 570 g/mol. The molecule has 2 aliphatic heterocycles. The lowest BCUT2D eigenvalue weighted by Crippen LogP contribution is -2.50. The van der Waals surface area contributed by atoms with Crippen molar-refractivity contribution < 1.29 is 4.74 Å². The Hall–Kier alpha value is -1.52. The summed E-state index contributed by atoms with van der Waals surface area (Å²) in [6.07, 6.45) is 4.78. The zero-order valence-electron chi connectivity index (χ0n) is 19.1. The molecule has 0 saturated carbocycles. The Bertz CT molecular complexity index is 833. The second-order valence-electron chi connectivity index (χ2n) is 8.31. The molecular formula is C24H36IN5OS. The molecule has 1 atom stereocenters. The molecule has 176 valence electrons. The lowest BCUT2D eigenvalue weighted by molar-refractivity contribution is 0.239. The summed E-state index contributed by atoms with van der Waals surface area (Å²) < 4.78 is 5.68. The van der Waals surface area contributed by atoms with E-state index in [1.807, 2.05) is 24.5 Å². The van der Waals surface area contributed by atoms with Gasteiger partial charge in [-0.15, -0.1) is 35.3 Å². The number of aliphatic imine (C=N–C) groups is 1. The highest BCUT2D eigenvalue weighted by atomic mass is 127. The first kappa shape index (κ1) is 25.1. The molecule has 2 aliphatic rings. The maximum atomic E-state index is 5.68. The van der Waals surface area contributed by atoms with Crippen molar-refractivity contribution in [3.63, 3.8) is 0 Å². The van der Waals surface area contributed by atoms with E-state index in [0.29, 0.717) is 6.04 Å². The summed E-state index contributed by atoms with van der Waals surface area (Å²) in [6, 6.07) is 13.5. The number of methoxy groups -OCH3 is 1. The number of ether oxygens (including phenoxy) is 1. The van der Waals surface area contributed by atoms with Crippen LogP contribution in [0.2, 0.25) is 0 Å². The van der Waals surface area contributed by atoms with Gasteiger partial charge in [-0.25, -0.2) is 0 Å². The molecule has 0 aliphatic carbocycles. The number of benzene rings is 1. The maximum Gasteiger partial charge on any atom is 0.191 e. The van der Waals surface area contributed by atoms with E-state index in [4.69, 9.17) is 4.74 Å². The number of hydrogen-bond acceptors (Lipinski definition) is 5. The Morgan fingerprint density at radius 1 is 1.12 bits per heavy atom. The van der Waals surface area contributed by atoms with E-state index in [1.54, 1.807) is 7.11 Å². The molecule has 2 saturated heterocycles. The topological polar surface area (TPSA) is 52.1 Å². The van der Waals surface area contributed by atoms with Crippen LogP contribution in [0.1, 0.15) is 37.3 Å². The number of piperidine rings is 1. The predicted molar refractivity (Wildman–Crippen MR) is 146 cm³/mol. The van der Waals surface area contributed by atoms with Gasteiger partial charge in [0.05, 0.1) is 18.2 Å². The lowest BCUT2D eigenvalue weighted by Gasteiger charge is -2.34. The summed E-state index contributed by atoms with van der Waals surface area (Å²) >= 11 is 1.83. The monoisotopic (exact) mass is 569 g/mol. The third kappa shape index (κ3) is 6.29. The molecule has 0 amide bonds. The van der Waals surface area contributed by atoms with Gasteiger partial charge in [-0.05, 0) is 62.4 Å². The van der Waals surface area contributed by atoms with Gasteiger partial charge in [-0.2, -0.15) is 0 Å². The second-order valence-corrected chi connectivity index (χ2v) is 9.24. The highest BCUT2D eigenvalue weighted by molar-refractivity contribution is 14.0. The van der Waals surface area contributed by atoms with Crippen LogP contribution in [-0.2, 0) is 0 Å². The van der Waals surface area contributed by atoms with Crippen LogP contribution in [0.15, 0.2) is 46.8 Å². The van der Waals surface area contributed by atoms with Gasteiger partial charge >= 0.3 is 0 Å². The van der Waals surface area contributed by atoms with Gasteiger partial charge in [-0.3, -0.25) is 9.89 Å². The summed E-state index contributed by atoms with van der Waals surface area (Å²) in [5, 5.41) is 10.8. The first-order valence-corrected chi connectivity index (χ1v) is 12.3. The molecule has 1 unspecified atom stereocenters. The van der Waals surface area contributed by atoms with E-state index in [9.17, 15) is 0 Å². The molecule has 8 heteroatoms. The zero-order chi connectivity index (χ0) is 21.5. The van der Waals surface area contributed by atoms with Gasteiger partial charge in [0.25, 0.3) is 0 Å². The van der Waals surface area contributed by atoms with Crippen LogP contribution in [0.3, 0.4) is 0 Å². The van der Waals surface area contributed by atoms with Crippen molar-refractivity contribution in [1.82, 2.24) is 15.5 Å². The SMILES string of the molecule is CN=C(NCC(c1ccccc1OC)N1CCCC1)NC1CCN(c2cccs2)CC1.I. The molecular weight excluding hydrogens is 533 g/mol. The van der Waals surface area contributed by atoms with Gasteiger partial charge in [0, 0.05) is 38.3 Å². The van der Waals surface area contributed by atoms with E-state index in [0.717, 1.165) is 57.3 Å². The molecule has 1 aromatic heterocycles. The first-order chi connectivity index (χ1) is 15.3. The molecule has 2 N–H and O–H groups in total. The van der Waals surface area contributed by atoms with Crippen LogP contribution < -0.4 is 20.3 Å². The molecule has 6 nitrogen and oxygen atoms in total. The average Bonchev–Trinajstić information content (AvgIpc) is 3.54. The minimum Gasteiger partial charge on any atom is -0.496 e. The third-order valence-corrected chi connectivity index (χ3v) is 7.35. The Morgan fingerprint density at radius 2 is 1.88 bits per heavy atom. The van der Waals surface area contributed by atoms with Gasteiger partial charge in [0.2, 0.25) is 0 Å². The lowest BCUT2D eigenvalue weighted by atomic mass is 10.0. The number of nitrogens with zero attached hydrogens (tertiary/aromatic N) is 3. The van der Waals surface area contributed by atoms with Crippen molar-refractivity contribution in [3.8, 4) is 5.75 Å². The standard InChI is InChI=1S/C24H35N5OS.HI/c1-25-24(27-19-11-15-29(16-12-19)23-10-7-17-31-23)26-18-21(28-13-5-6-14-28)20-8-3-4-9-22(20)30-2;/h3-4,7-10,17,19,21H,5-6,11-16,18H2,1-2H3,(H2,25,26,27);1H. The quantitative estimate of drug-likeness (QED) is 0.295. The minimum absolute atomic E-state index is 0. The molecule has 1 aromatic carbocycles. The van der Waals surface area contributed by atoms with Crippen molar-refractivity contribution in [2.45, 2.75) is 37.8 Å². The van der Waals surface area contributed by atoms with E-state index in [-0.39, 0.29) is 30.0 Å². The predicted octanol–water partition coefficient (Wildman–Crippen LogP) is 4.35. The fraction of sp³-hybridized carbons (Fsp3) is 0.542. The third-order valence-electron chi connectivity index (χ3n) is 6.42. The van der Waals surface area contributed by atoms with Crippen molar-refractivity contribution >= 4 is 46.3 Å². The summed E-state index contributed by atoms with van der Waals surface area (Å²) in [4.78, 5) is 9.58. The van der Waals surface area contributed by atoms with Crippen LogP contribution in [0.5, 0.6) is 5.75 Å². The van der Waals surface area contributed by atoms with Gasteiger partial charge in [0.15, 0.2) is 5.96 Å². The number of anilines is 1. The number of likely N-dealkylation sites (tertiary alicyclic amines) is 1. The van der Waals surface area contributed by atoms with E-state index >= 15 is 0 Å². The molecule has 0 bridgehead atoms. The number of para-hydroxylation sites is 1. The van der Waals surface area contributed by atoms with Crippen molar-refractivity contribution in [2.75, 3.05) is 51.8 Å². The van der Waals surface area contributed by atoms with Gasteiger partial charge in [0.1, 0.15) is 5.75 Å². The fourth-order valence-electron chi connectivity index (χ4n) is 4.71. The molecule has 4 rings (SSSR count).